The Hall–Kier alpha value is -3.19. The molecular formula is C19H16N4O2S. The smallest absolute Gasteiger partial charge is 0.235 e. The molecule has 0 spiro atoms. The van der Waals surface area contributed by atoms with Crippen LogP contribution in [0.3, 0.4) is 0 Å². The first-order valence-electron chi connectivity index (χ1n) is 7.96. The van der Waals surface area contributed by atoms with Gasteiger partial charge in [0.15, 0.2) is 17.3 Å². The fraction of sp³-hybridized carbons (Fsp3) is 0.105. The predicted octanol–water partition coefficient (Wildman–Crippen LogP) is 4.04. The maximum Gasteiger partial charge on any atom is 0.235 e. The molecule has 2 heterocycles. The number of aromatic nitrogens is 4. The summed E-state index contributed by atoms with van der Waals surface area (Å²) in [7, 11) is 3.25. The fourth-order valence-electron chi connectivity index (χ4n) is 2.59. The molecule has 0 bridgehead atoms. The molecular weight excluding hydrogens is 348 g/mol. The molecule has 0 aliphatic heterocycles. The lowest BCUT2D eigenvalue weighted by atomic mass is 10.2. The van der Waals surface area contributed by atoms with Crippen LogP contribution in [-0.2, 0) is 0 Å². The lowest BCUT2D eigenvalue weighted by molar-refractivity contribution is 0.355. The van der Waals surface area contributed by atoms with Gasteiger partial charge in [-0.25, -0.2) is 0 Å². The van der Waals surface area contributed by atoms with Crippen molar-refractivity contribution in [2.24, 2.45) is 0 Å². The Bertz CT molecular complexity index is 1070. The lowest BCUT2D eigenvalue weighted by Crippen LogP contribution is -1.91. The minimum absolute atomic E-state index is 0.694. The molecule has 2 aromatic heterocycles. The van der Waals surface area contributed by atoms with Crippen LogP contribution >= 0.6 is 11.3 Å². The lowest BCUT2D eigenvalue weighted by Gasteiger charge is -2.07. The molecule has 0 saturated heterocycles. The molecule has 4 aromatic rings. The van der Waals surface area contributed by atoms with Crippen LogP contribution in [-0.4, -0.2) is 34.0 Å². The number of methoxy groups -OCH3 is 2. The SMILES string of the molecule is COc1ccc(/C=C/c2nn3c(-c4ccccc4)nnc3s2)cc1OC. The molecule has 7 heteroatoms. The number of benzene rings is 2. The van der Waals surface area contributed by atoms with Gasteiger partial charge in [0.05, 0.1) is 14.2 Å². The van der Waals surface area contributed by atoms with Crippen LogP contribution in [0, 0.1) is 0 Å². The summed E-state index contributed by atoms with van der Waals surface area (Å²) in [4.78, 5) is 0.760. The van der Waals surface area contributed by atoms with E-state index in [1.165, 1.54) is 11.3 Å². The van der Waals surface area contributed by atoms with E-state index in [1.54, 1.807) is 18.7 Å². The van der Waals surface area contributed by atoms with Crippen LogP contribution in [0.4, 0.5) is 0 Å². The molecule has 0 amide bonds. The summed E-state index contributed by atoms with van der Waals surface area (Å²) in [5.74, 6) is 2.14. The van der Waals surface area contributed by atoms with Crippen LogP contribution in [0.15, 0.2) is 48.5 Å². The van der Waals surface area contributed by atoms with E-state index in [4.69, 9.17) is 9.47 Å². The molecule has 0 unspecified atom stereocenters. The van der Waals surface area contributed by atoms with E-state index >= 15 is 0 Å². The molecule has 26 heavy (non-hydrogen) atoms. The maximum absolute atomic E-state index is 5.33. The second kappa shape index (κ2) is 6.97. The second-order valence-electron chi connectivity index (χ2n) is 5.47. The predicted molar refractivity (Wildman–Crippen MR) is 103 cm³/mol. The summed E-state index contributed by atoms with van der Waals surface area (Å²) in [6.07, 6.45) is 3.94. The normalized spacial score (nSPS) is 11.3. The number of nitrogens with zero attached hydrogens (tertiary/aromatic N) is 4. The van der Waals surface area contributed by atoms with E-state index in [-0.39, 0.29) is 0 Å². The number of rotatable bonds is 5. The summed E-state index contributed by atoms with van der Waals surface area (Å²) >= 11 is 1.49. The number of ether oxygens (including phenoxy) is 2. The highest BCUT2D eigenvalue weighted by Crippen LogP contribution is 2.28. The molecule has 0 atom stereocenters. The van der Waals surface area contributed by atoms with Crippen LogP contribution in [0.25, 0.3) is 28.5 Å². The summed E-state index contributed by atoms with van der Waals surface area (Å²) in [6.45, 7) is 0. The minimum atomic E-state index is 0.694. The monoisotopic (exact) mass is 364 g/mol. The summed E-state index contributed by atoms with van der Waals surface area (Å²) in [5.41, 5.74) is 1.98. The Morgan fingerprint density at radius 2 is 1.73 bits per heavy atom. The third-order valence-electron chi connectivity index (χ3n) is 3.86. The van der Waals surface area contributed by atoms with Gasteiger partial charge in [-0.2, -0.15) is 9.61 Å². The van der Waals surface area contributed by atoms with Crippen molar-refractivity contribution in [3.05, 3.63) is 59.1 Å². The van der Waals surface area contributed by atoms with E-state index in [0.29, 0.717) is 11.5 Å². The van der Waals surface area contributed by atoms with Gasteiger partial charge in [0.2, 0.25) is 4.96 Å². The summed E-state index contributed by atoms with van der Waals surface area (Å²) in [6, 6.07) is 15.7. The number of fused-ring (bicyclic) bond motifs is 1. The van der Waals surface area contributed by atoms with Gasteiger partial charge in [0.25, 0.3) is 0 Å². The van der Waals surface area contributed by atoms with Gasteiger partial charge in [-0.3, -0.25) is 0 Å². The van der Waals surface area contributed by atoms with Gasteiger partial charge < -0.3 is 9.47 Å². The van der Waals surface area contributed by atoms with Gasteiger partial charge >= 0.3 is 0 Å². The number of hydrogen-bond donors (Lipinski definition) is 0. The van der Waals surface area contributed by atoms with Gasteiger partial charge in [0.1, 0.15) is 5.01 Å². The zero-order chi connectivity index (χ0) is 17.9. The van der Waals surface area contributed by atoms with Gasteiger partial charge in [0, 0.05) is 5.56 Å². The van der Waals surface area contributed by atoms with E-state index in [2.05, 4.69) is 15.3 Å². The Morgan fingerprint density at radius 1 is 0.923 bits per heavy atom. The van der Waals surface area contributed by atoms with Crippen molar-refractivity contribution in [2.45, 2.75) is 0 Å². The average molecular weight is 364 g/mol. The van der Waals surface area contributed by atoms with Gasteiger partial charge in [-0.15, -0.1) is 10.2 Å². The van der Waals surface area contributed by atoms with E-state index in [0.717, 1.165) is 26.9 Å². The third kappa shape index (κ3) is 3.04. The summed E-state index contributed by atoms with van der Waals surface area (Å²) in [5, 5.41) is 13.9. The first kappa shape index (κ1) is 16.3. The van der Waals surface area contributed by atoms with Crippen molar-refractivity contribution < 1.29 is 9.47 Å². The molecule has 0 radical (unpaired) electrons. The van der Waals surface area contributed by atoms with Crippen LogP contribution in [0.5, 0.6) is 11.5 Å². The van der Waals surface area contributed by atoms with Gasteiger partial charge in [-0.1, -0.05) is 53.8 Å². The van der Waals surface area contributed by atoms with Crippen molar-refractivity contribution in [1.29, 1.82) is 0 Å². The Kier molecular flexibility index (Phi) is 4.37. The Morgan fingerprint density at radius 3 is 2.50 bits per heavy atom. The fourth-order valence-corrected chi connectivity index (χ4v) is 3.33. The molecule has 0 aliphatic carbocycles. The zero-order valence-electron chi connectivity index (χ0n) is 14.3. The minimum Gasteiger partial charge on any atom is -0.493 e. The first-order valence-corrected chi connectivity index (χ1v) is 8.78. The van der Waals surface area contributed by atoms with Gasteiger partial charge in [-0.05, 0) is 23.8 Å². The van der Waals surface area contributed by atoms with Crippen LogP contribution < -0.4 is 9.47 Å². The highest BCUT2D eigenvalue weighted by molar-refractivity contribution is 7.17. The molecule has 6 nitrogen and oxygen atoms in total. The van der Waals surface area contributed by atoms with E-state index in [9.17, 15) is 0 Å². The Balaban J connectivity index is 1.64. The Labute approximate surface area is 154 Å². The number of hydrogen-bond acceptors (Lipinski definition) is 6. The van der Waals surface area contributed by atoms with Crippen molar-refractivity contribution in [3.63, 3.8) is 0 Å². The molecule has 0 saturated carbocycles. The molecule has 0 N–H and O–H groups in total. The second-order valence-corrected chi connectivity index (χ2v) is 6.46. The summed E-state index contributed by atoms with van der Waals surface area (Å²) < 4.78 is 12.4. The van der Waals surface area contributed by atoms with E-state index in [1.807, 2.05) is 60.7 Å². The standard InChI is InChI=1S/C19H16N4O2S/c1-24-15-10-8-13(12-16(15)25-2)9-11-17-22-23-18(20-21-19(23)26-17)14-6-4-3-5-7-14/h3-12H,1-2H3/b11-9+. The largest absolute Gasteiger partial charge is 0.493 e. The quantitative estimate of drug-likeness (QED) is 0.535. The third-order valence-corrected chi connectivity index (χ3v) is 4.73. The van der Waals surface area contributed by atoms with Crippen LogP contribution in [0.2, 0.25) is 0 Å². The van der Waals surface area contributed by atoms with Crippen LogP contribution in [0.1, 0.15) is 10.6 Å². The molecule has 0 fully saturated rings. The molecule has 130 valence electrons. The highest BCUT2D eigenvalue weighted by Gasteiger charge is 2.12. The average Bonchev–Trinajstić information content (AvgIpc) is 3.27. The molecule has 0 aliphatic rings. The van der Waals surface area contributed by atoms with Crippen molar-refractivity contribution in [3.8, 4) is 22.9 Å². The van der Waals surface area contributed by atoms with Crippen molar-refractivity contribution in [1.82, 2.24) is 19.8 Å². The highest BCUT2D eigenvalue weighted by atomic mass is 32.1. The maximum atomic E-state index is 5.33. The molecule has 4 rings (SSSR count). The topological polar surface area (TPSA) is 61.5 Å². The van der Waals surface area contributed by atoms with Crippen molar-refractivity contribution >= 4 is 28.4 Å². The van der Waals surface area contributed by atoms with Crippen molar-refractivity contribution in [2.75, 3.05) is 14.2 Å². The zero-order valence-corrected chi connectivity index (χ0v) is 15.1. The first-order chi connectivity index (χ1) is 12.8. The molecule has 2 aromatic carbocycles. The van der Waals surface area contributed by atoms with E-state index < -0.39 is 0 Å².